The molecule has 1 aliphatic heterocycles. The van der Waals surface area contributed by atoms with Crippen LogP contribution in [-0.2, 0) is 4.79 Å². The Hall–Kier alpha value is -1.63. The zero-order valence-corrected chi connectivity index (χ0v) is 14.1. The molecule has 1 saturated heterocycles. The molecule has 0 unspecified atom stereocenters. The van der Waals surface area contributed by atoms with Gasteiger partial charge in [-0.1, -0.05) is 11.6 Å². The van der Waals surface area contributed by atoms with Gasteiger partial charge in [-0.2, -0.15) is 0 Å². The third kappa shape index (κ3) is 4.67. The molecule has 0 radical (unpaired) electrons. The highest BCUT2D eigenvalue weighted by molar-refractivity contribution is 7.15. The van der Waals surface area contributed by atoms with Crippen LogP contribution < -0.4 is 15.4 Å². The Morgan fingerprint density at radius 3 is 2.83 bits per heavy atom. The summed E-state index contributed by atoms with van der Waals surface area (Å²) >= 11 is 7.35. The van der Waals surface area contributed by atoms with Crippen LogP contribution >= 0.6 is 22.9 Å². The Balaban J connectivity index is 1.49. The van der Waals surface area contributed by atoms with E-state index in [4.69, 9.17) is 16.3 Å². The minimum absolute atomic E-state index is 0.0517. The van der Waals surface area contributed by atoms with Crippen molar-refractivity contribution in [2.45, 2.75) is 18.8 Å². The molecule has 0 aliphatic carbocycles. The molecule has 122 valence electrons. The average Bonchev–Trinajstić information content (AvgIpc) is 3.04. The lowest BCUT2D eigenvalue weighted by molar-refractivity contribution is -0.118. The van der Waals surface area contributed by atoms with Gasteiger partial charge < -0.3 is 10.1 Å². The van der Waals surface area contributed by atoms with Crippen LogP contribution in [0, 0.1) is 0 Å². The van der Waals surface area contributed by atoms with Crippen LogP contribution in [0.5, 0.6) is 5.75 Å². The maximum Gasteiger partial charge on any atom is 0.264 e. The van der Waals surface area contributed by atoms with E-state index in [1.54, 1.807) is 35.6 Å². The first-order valence-corrected chi connectivity index (χ1v) is 8.75. The van der Waals surface area contributed by atoms with Gasteiger partial charge in [0.1, 0.15) is 5.75 Å². The number of ether oxygens (including phenoxy) is 1. The van der Waals surface area contributed by atoms with E-state index in [1.807, 2.05) is 6.20 Å². The van der Waals surface area contributed by atoms with Gasteiger partial charge in [0.25, 0.3) is 5.91 Å². The van der Waals surface area contributed by atoms with Gasteiger partial charge in [0.15, 0.2) is 11.7 Å². The Morgan fingerprint density at radius 1 is 1.35 bits per heavy atom. The van der Waals surface area contributed by atoms with Gasteiger partial charge in [0, 0.05) is 16.1 Å². The molecule has 5 nitrogen and oxygen atoms in total. The lowest BCUT2D eigenvalue weighted by Gasteiger charge is -2.20. The SMILES string of the molecule is O=C(COc1ccc(Cl)cc1)Nc1ncc(C2CCNCC2)s1. The van der Waals surface area contributed by atoms with Crippen LogP contribution in [0.3, 0.4) is 0 Å². The highest BCUT2D eigenvalue weighted by Crippen LogP contribution is 2.31. The molecule has 0 atom stereocenters. The molecule has 2 N–H and O–H groups in total. The number of halogens is 1. The normalized spacial score (nSPS) is 15.3. The third-order valence-electron chi connectivity index (χ3n) is 3.70. The summed E-state index contributed by atoms with van der Waals surface area (Å²) < 4.78 is 5.42. The lowest BCUT2D eigenvalue weighted by atomic mass is 9.97. The monoisotopic (exact) mass is 351 g/mol. The van der Waals surface area contributed by atoms with Crippen molar-refractivity contribution in [3.8, 4) is 5.75 Å². The van der Waals surface area contributed by atoms with Crippen molar-refractivity contribution in [2.75, 3.05) is 25.0 Å². The van der Waals surface area contributed by atoms with Crippen LogP contribution in [0.4, 0.5) is 5.13 Å². The summed E-state index contributed by atoms with van der Waals surface area (Å²) in [5.74, 6) is 0.940. The van der Waals surface area contributed by atoms with Crippen molar-refractivity contribution in [2.24, 2.45) is 0 Å². The molecule has 1 amide bonds. The van der Waals surface area contributed by atoms with E-state index < -0.39 is 0 Å². The van der Waals surface area contributed by atoms with Crippen molar-refractivity contribution in [3.05, 3.63) is 40.4 Å². The van der Waals surface area contributed by atoms with Gasteiger partial charge >= 0.3 is 0 Å². The molecule has 23 heavy (non-hydrogen) atoms. The molecule has 0 bridgehead atoms. The Kier molecular flexibility index (Phi) is 5.48. The van der Waals surface area contributed by atoms with Crippen LogP contribution in [0.15, 0.2) is 30.5 Å². The second kappa shape index (κ2) is 7.77. The van der Waals surface area contributed by atoms with Crippen LogP contribution in [0.25, 0.3) is 0 Å². The number of carbonyl (C=O) groups is 1. The van der Waals surface area contributed by atoms with Crippen molar-refractivity contribution in [1.29, 1.82) is 0 Å². The van der Waals surface area contributed by atoms with Crippen molar-refractivity contribution in [1.82, 2.24) is 10.3 Å². The summed E-state index contributed by atoms with van der Waals surface area (Å²) in [6, 6.07) is 6.91. The summed E-state index contributed by atoms with van der Waals surface area (Å²) in [5, 5.41) is 7.40. The fraction of sp³-hybridized carbons (Fsp3) is 0.375. The zero-order valence-electron chi connectivity index (χ0n) is 12.5. The number of nitrogens with one attached hydrogen (secondary N) is 2. The highest BCUT2D eigenvalue weighted by atomic mass is 35.5. The average molecular weight is 352 g/mol. The molecular formula is C16H18ClN3O2S. The number of aromatic nitrogens is 1. The number of amides is 1. The Labute approximate surface area is 144 Å². The number of carbonyl (C=O) groups excluding carboxylic acids is 1. The molecule has 0 spiro atoms. The van der Waals surface area contributed by atoms with E-state index in [-0.39, 0.29) is 12.5 Å². The molecular weight excluding hydrogens is 334 g/mol. The number of thiazole rings is 1. The topological polar surface area (TPSA) is 63.2 Å². The van der Waals surface area contributed by atoms with Crippen LogP contribution in [0.1, 0.15) is 23.6 Å². The van der Waals surface area contributed by atoms with Gasteiger partial charge in [0.05, 0.1) is 0 Å². The molecule has 0 saturated carbocycles. The predicted molar refractivity (Wildman–Crippen MR) is 92.5 cm³/mol. The number of benzene rings is 1. The number of hydrogen-bond donors (Lipinski definition) is 2. The predicted octanol–water partition coefficient (Wildman–Crippen LogP) is 3.28. The Bertz CT molecular complexity index is 654. The summed E-state index contributed by atoms with van der Waals surface area (Å²) in [6.45, 7) is 2.03. The first-order valence-electron chi connectivity index (χ1n) is 7.55. The van der Waals surface area contributed by atoms with Crippen LogP contribution in [-0.4, -0.2) is 30.6 Å². The number of hydrogen-bond acceptors (Lipinski definition) is 5. The zero-order chi connectivity index (χ0) is 16.1. The summed E-state index contributed by atoms with van der Waals surface area (Å²) in [5.41, 5.74) is 0. The fourth-order valence-electron chi connectivity index (χ4n) is 2.47. The maximum atomic E-state index is 11.9. The van der Waals surface area contributed by atoms with Crippen molar-refractivity contribution >= 4 is 34.0 Å². The summed E-state index contributed by atoms with van der Waals surface area (Å²) in [7, 11) is 0. The van der Waals surface area contributed by atoms with Gasteiger partial charge in [-0.05, 0) is 56.1 Å². The third-order valence-corrected chi connectivity index (χ3v) is 5.02. The second-order valence-corrected chi connectivity index (χ2v) is 6.88. The van der Waals surface area contributed by atoms with Gasteiger partial charge in [-0.15, -0.1) is 11.3 Å². The molecule has 7 heteroatoms. The van der Waals surface area contributed by atoms with E-state index in [2.05, 4.69) is 15.6 Å². The largest absolute Gasteiger partial charge is 0.484 e. The highest BCUT2D eigenvalue weighted by Gasteiger charge is 2.18. The first kappa shape index (κ1) is 16.2. The first-order chi connectivity index (χ1) is 11.2. The lowest BCUT2D eigenvalue weighted by Crippen LogP contribution is -2.26. The smallest absolute Gasteiger partial charge is 0.264 e. The maximum absolute atomic E-state index is 11.9. The molecule has 1 aromatic carbocycles. The summed E-state index contributed by atoms with van der Waals surface area (Å²) in [6.07, 6.45) is 4.11. The van der Waals surface area contributed by atoms with E-state index in [0.29, 0.717) is 21.8 Å². The Morgan fingerprint density at radius 2 is 2.09 bits per heavy atom. The quantitative estimate of drug-likeness (QED) is 0.867. The number of anilines is 1. The van der Waals surface area contributed by atoms with Crippen molar-refractivity contribution in [3.63, 3.8) is 0 Å². The fourth-order valence-corrected chi connectivity index (χ4v) is 3.60. The standard InChI is InChI=1S/C16H18ClN3O2S/c17-12-1-3-13(4-2-12)22-10-15(21)20-16-19-9-14(23-16)11-5-7-18-8-6-11/h1-4,9,11,18H,5-8,10H2,(H,19,20,21). The van der Waals surface area contributed by atoms with E-state index >= 15 is 0 Å². The minimum atomic E-state index is -0.217. The van der Waals surface area contributed by atoms with Gasteiger partial charge in [-0.25, -0.2) is 4.98 Å². The van der Waals surface area contributed by atoms with Crippen LogP contribution in [0.2, 0.25) is 5.02 Å². The molecule has 3 rings (SSSR count). The minimum Gasteiger partial charge on any atom is -0.484 e. The number of rotatable bonds is 5. The van der Waals surface area contributed by atoms with Gasteiger partial charge in [0.2, 0.25) is 0 Å². The van der Waals surface area contributed by atoms with Crippen molar-refractivity contribution < 1.29 is 9.53 Å². The van der Waals surface area contributed by atoms with E-state index in [0.717, 1.165) is 25.9 Å². The summed E-state index contributed by atoms with van der Waals surface area (Å²) in [4.78, 5) is 17.5. The molecule has 1 aliphatic rings. The van der Waals surface area contributed by atoms with E-state index in [1.165, 1.54) is 4.88 Å². The number of piperidine rings is 1. The van der Waals surface area contributed by atoms with E-state index in [9.17, 15) is 4.79 Å². The second-order valence-electron chi connectivity index (χ2n) is 5.38. The molecule has 2 heterocycles. The molecule has 1 aromatic heterocycles. The van der Waals surface area contributed by atoms with Gasteiger partial charge in [-0.3, -0.25) is 10.1 Å². The molecule has 2 aromatic rings. The number of nitrogens with zero attached hydrogens (tertiary/aromatic N) is 1. The molecule has 1 fully saturated rings.